The molecule has 0 bridgehead atoms. The SMILES string of the molecule is Cc1nnc(NC(=O)C2CCC(CC(CCc3ccccc3)C(=O)O)C2)s1. The lowest BCUT2D eigenvalue weighted by Crippen LogP contribution is -2.22. The second kappa shape index (κ2) is 9.08. The van der Waals surface area contributed by atoms with Crippen LogP contribution in [0.5, 0.6) is 0 Å². The van der Waals surface area contributed by atoms with E-state index in [0.29, 0.717) is 18.0 Å². The molecule has 0 aliphatic heterocycles. The van der Waals surface area contributed by atoms with Crippen LogP contribution in [0.3, 0.4) is 0 Å². The number of nitrogens with zero attached hydrogens (tertiary/aromatic N) is 2. The summed E-state index contributed by atoms with van der Waals surface area (Å²) in [5.41, 5.74) is 1.17. The Hall–Kier alpha value is -2.28. The number of carbonyl (C=O) groups is 2. The zero-order valence-electron chi connectivity index (χ0n) is 15.4. The molecule has 3 rings (SSSR count). The van der Waals surface area contributed by atoms with Crippen molar-refractivity contribution in [2.45, 2.75) is 45.4 Å². The molecule has 2 N–H and O–H groups in total. The highest BCUT2D eigenvalue weighted by Gasteiger charge is 2.33. The van der Waals surface area contributed by atoms with Gasteiger partial charge in [-0.1, -0.05) is 41.7 Å². The molecule has 1 amide bonds. The summed E-state index contributed by atoms with van der Waals surface area (Å²) in [6.07, 6.45) is 4.51. The van der Waals surface area contributed by atoms with Crippen molar-refractivity contribution in [1.29, 1.82) is 0 Å². The van der Waals surface area contributed by atoms with Gasteiger partial charge in [-0.2, -0.15) is 0 Å². The van der Waals surface area contributed by atoms with E-state index in [1.165, 1.54) is 16.9 Å². The van der Waals surface area contributed by atoms with E-state index in [4.69, 9.17) is 0 Å². The summed E-state index contributed by atoms with van der Waals surface area (Å²) in [5, 5.41) is 21.6. The van der Waals surface area contributed by atoms with Gasteiger partial charge in [0.05, 0.1) is 5.92 Å². The molecule has 3 unspecified atom stereocenters. The Bertz CT molecular complexity index is 778. The molecule has 1 aliphatic carbocycles. The molecule has 1 aliphatic rings. The second-order valence-electron chi connectivity index (χ2n) is 7.29. The predicted molar refractivity (Wildman–Crippen MR) is 105 cm³/mol. The lowest BCUT2D eigenvalue weighted by atomic mass is 9.88. The number of benzene rings is 1. The minimum Gasteiger partial charge on any atom is -0.481 e. The van der Waals surface area contributed by atoms with Crippen LogP contribution < -0.4 is 5.32 Å². The molecule has 27 heavy (non-hydrogen) atoms. The molecule has 1 aromatic carbocycles. The number of hydrogen-bond donors (Lipinski definition) is 2. The van der Waals surface area contributed by atoms with Crippen LogP contribution in [0.15, 0.2) is 30.3 Å². The van der Waals surface area contributed by atoms with E-state index in [-0.39, 0.29) is 23.7 Å². The molecule has 1 saturated carbocycles. The molecule has 0 radical (unpaired) electrons. The van der Waals surface area contributed by atoms with Crippen LogP contribution in [0.1, 0.15) is 42.7 Å². The monoisotopic (exact) mass is 387 g/mol. The number of carbonyl (C=O) groups excluding carboxylic acids is 1. The van der Waals surface area contributed by atoms with Gasteiger partial charge in [0, 0.05) is 5.92 Å². The smallest absolute Gasteiger partial charge is 0.306 e. The third kappa shape index (κ3) is 5.60. The Morgan fingerprint density at radius 2 is 2.04 bits per heavy atom. The largest absolute Gasteiger partial charge is 0.481 e. The lowest BCUT2D eigenvalue weighted by Gasteiger charge is -2.17. The van der Waals surface area contributed by atoms with Crippen molar-refractivity contribution in [3.8, 4) is 0 Å². The summed E-state index contributed by atoms with van der Waals surface area (Å²) >= 11 is 1.36. The highest BCUT2D eigenvalue weighted by atomic mass is 32.1. The lowest BCUT2D eigenvalue weighted by molar-refractivity contribution is -0.142. The maximum atomic E-state index is 12.4. The van der Waals surface area contributed by atoms with Crippen molar-refractivity contribution in [1.82, 2.24) is 10.2 Å². The summed E-state index contributed by atoms with van der Waals surface area (Å²) < 4.78 is 0. The van der Waals surface area contributed by atoms with Crippen molar-refractivity contribution in [3.05, 3.63) is 40.9 Å². The number of amides is 1. The molecule has 6 nitrogen and oxygen atoms in total. The number of carboxylic acids is 1. The first-order valence-electron chi connectivity index (χ1n) is 9.39. The molecule has 0 saturated heterocycles. The molecule has 7 heteroatoms. The zero-order valence-corrected chi connectivity index (χ0v) is 16.2. The fourth-order valence-electron chi connectivity index (χ4n) is 3.81. The first-order chi connectivity index (χ1) is 13.0. The second-order valence-corrected chi connectivity index (χ2v) is 8.47. The topological polar surface area (TPSA) is 92.2 Å². The number of anilines is 1. The third-order valence-electron chi connectivity index (χ3n) is 5.26. The van der Waals surface area contributed by atoms with Gasteiger partial charge in [0.2, 0.25) is 11.0 Å². The van der Waals surface area contributed by atoms with Crippen LogP contribution >= 0.6 is 11.3 Å². The number of hydrogen-bond acceptors (Lipinski definition) is 5. The van der Waals surface area contributed by atoms with Crippen LogP contribution in [-0.4, -0.2) is 27.2 Å². The van der Waals surface area contributed by atoms with E-state index in [0.717, 1.165) is 30.7 Å². The van der Waals surface area contributed by atoms with Gasteiger partial charge in [-0.3, -0.25) is 9.59 Å². The van der Waals surface area contributed by atoms with E-state index >= 15 is 0 Å². The molecule has 1 fully saturated rings. The van der Waals surface area contributed by atoms with Gasteiger partial charge < -0.3 is 10.4 Å². The molecule has 144 valence electrons. The minimum absolute atomic E-state index is 0.0233. The van der Waals surface area contributed by atoms with Crippen LogP contribution in [0.2, 0.25) is 0 Å². The molecule has 1 heterocycles. The normalized spacial score (nSPS) is 20.3. The maximum Gasteiger partial charge on any atom is 0.306 e. The molecular weight excluding hydrogens is 362 g/mol. The van der Waals surface area contributed by atoms with Gasteiger partial charge >= 0.3 is 5.97 Å². The quantitative estimate of drug-likeness (QED) is 0.716. The van der Waals surface area contributed by atoms with Crippen LogP contribution in [0.25, 0.3) is 0 Å². The highest BCUT2D eigenvalue weighted by Crippen LogP contribution is 2.36. The van der Waals surface area contributed by atoms with Gasteiger partial charge in [0.15, 0.2) is 0 Å². The molecule has 0 spiro atoms. The number of aromatic nitrogens is 2. The highest BCUT2D eigenvalue weighted by molar-refractivity contribution is 7.15. The Morgan fingerprint density at radius 3 is 2.70 bits per heavy atom. The fourth-order valence-corrected chi connectivity index (χ4v) is 4.41. The average Bonchev–Trinajstić information content (AvgIpc) is 3.28. The van der Waals surface area contributed by atoms with Gasteiger partial charge in [-0.15, -0.1) is 10.2 Å². The van der Waals surface area contributed by atoms with Crippen molar-refractivity contribution < 1.29 is 14.7 Å². The van der Waals surface area contributed by atoms with Crippen molar-refractivity contribution in [3.63, 3.8) is 0 Å². The number of rotatable bonds is 8. The first kappa shape index (κ1) is 19.5. The first-order valence-corrected chi connectivity index (χ1v) is 10.2. The number of nitrogens with one attached hydrogen (secondary N) is 1. The van der Waals surface area contributed by atoms with E-state index in [2.05, 4.69) is 15.5 Å². The molecule has 3 atom stereocenters. The van der Waals surface area contributed by atoms with Crippen LogP contribution in [-0.2, 0) is 16.0 Å². The maximum absolute atomic E-state index is 12.4. The summed E-state index contributed by atoms with van der Waals surface area (Å²) in [5.74, 6) is -0.896. The van der Waals surface area contributed by atoms with Gasteiger partial charge in [0.1, 0.15) is 5.01 Å². The third-order valence-corrected chi connectivity index (χ3v) is 6.01. The number of aryl methyl sites for hydroxylation is 2. The summed E-state index contributed by atoms with van der Waals surface area (Å²) in [7, 11) is 0. The van der Waals surface area contributed by atoms with E-state index in [1.54, 1.807) is 0 Å². The fraction of sp³-hybridized carbons (Fsp3) is 0.500. The van der Waals surface area contributed by atoms with E-state index in [9.17, 15) is 14.7 Å². The predicted octanol–water partition coefficient (Wildman–Crippen LogP) is 3.93. The van der Waals surface area contributed by atoms with Gasteiger partial charge in [-0.05, 0) is 56.9 Å². The molecular formula is C20H25N3O3S. The zero-order chi connectivity index (χ0) is 19.2. The Labute approximate surface area is 163 Å². The van der Waals surface area contributed by atoms with Crippen molar-refractivity contribution in [2.75, 3.05) is 5.32 Å². The summed E-state index contributed by atoms with van der Waals surface area (Å²) in [6, 6.07) is 9.98. The number of aliphatic carboxylic acids is 1. The van der Waals surface area contributed by atoms with Crippen molar-refractivity contribution >= 4 is 28.3 Å². The summed E-state index contributed by atoms with van der Waals surface area (Å²) in [4.78, 5) is 24.1. The molecule has 1 aromatic heterocycles. The standard InChI is InChI=1S/C20H25N3O3S/c1-13-22-23-20(27-13)21-18(24)16-9-8-15(11-16)12-17(19(25)26)10-7-14-5-3-2-4-6-14/h2-6,15-17H,7-12H2,1H3,(H,25,26)(H,21,23,24). The Morgan fingerprint density at radius 1 is 1.26 bits per heavy atom. The molecule has 2 aromatic rings. The summed E-state index contributed by atoms with van der Waals surface area (Å²) in [6.45, 7) is 1.85. The van der Waals surface area contributed by atoms with Crippen molar-refractivity contribution in [2.24, 2.45) is 17.8 Å². The van der Waals surface area contributed by atoms with E-state index < -0.39 is 5.97 Å². The van der Waals surface area contributed by atoms with E-state index in [1.807, 2.05) is 37.3 Å². The van der Waals surface area contributed by atoms with Gasteiger partial charge in [-0.25, -0.2) is 0 Å². The Kier molecular flexibility index (Phi) is 6.55. The van der Waals surface area contributed by atoms with Crippen LogP contribution in [0.4, 0.5) is 5.13 Å². The Balaban J connectivity index is 1.49. The minimum atomic E-state index is -0.733. The van der Waals surface area contributed by atoms with Crippen LogP contribution in [0, 0.1) is 24.7 Å². The average molecular weight is 388 g/mol. The van der Waals surface area contributed by atoms with Gasteiger partial charge in [0.25, 0.3) is 0 Å². The number of carboxylic acid groups (broad SMARTS) is 1.